The lowest BCUT2D eigenvalue weighted by molar-refractivity contribution is 0.289. The molecule has 0 unspecified atom stereocenters. The van der Waals surface area contributed by atoms with E-state index in [0.29, 0.717) is 11.8 Å². The number of rotatable bonds is 7. The number of ether oxygens (including phenoxy) is 1. The summed E-state index contributed by atoms with van der Waals surface area (Å²) in [5.41, 5.74) is 0.808. The van der Waals surface area contributed by atoms with Crippen molar-refractivity contribution < 1.29 is 21.9 Å². The summed E-state index contributed by atoms with van der Waals surface area (Å²) in [7, 11) is 1.18. The van der Waals surface area contributed by atoms with E-state index in [2.05, 4.69) is 4.72 Å². The van der Waals surface area contributed by atoms with Crippen molar-refractivity contribution >= 4 is 10.0 Å². The van der Waals surface area contributed by atoms with E-state index in [1.54, 1.807) is 6.07 Å². The van der Waals surface area contributed by atoms with Gasteiger partial charge < -0.3 is 9.64 Å². The van der Waals surface area contributed by atoms with Crippen LogP contribution in [0.1, 0.15) is 11.6 Å². The molecule has 8 heteroatoms. The van der Waals surface area contributed by atoms with Crippen LogP contribution in [0.4, 0.5) is 8.78 Å². The summed E-state index contributed by atoms with van der Waals surface area (Å²) in [4.78, 5) is 1.51. The van der Waals surface area contributed by atoms with E-state index < -0.39 is 21.7 Å². The molecule has 1 atom stereocenters. The predicted octanol–water partition coefficient (Wildman–Crippen LogP) is 2.55. The number of nitrogens with zero attached hydrogens (tertiary/aromatic N) is 1. The van der Waals surface area contributed by atoms with Crippen LogP contribution in [0, 0.1) is 11.6 Å². The molecule has 0 aliphatic heterocycles. The maximum atomic E-state index is 13.3. The van der Waals surface area contributed by atoms with Gasteiger partial charge in [-0.15, -0.1) is 0 Å². The molecule has 0 aliphatic rings. The standard InChI is InChI=1S/C17H20F2N2O3S/c1-21(2)16(13-6-4-5-7-17(13)24-3)11-20-25(22,23)12-8-9-14(18)15(19)10-12/h4-10,16,20H,11H2,1-3H3/t16-/m0/s1. The van der Waals surface area contributed by atoms with Gasteiger partial charge in [0.15, 0.2) is 11.6 Å². The zero-order valence-electron chi connectivity index (χ0n) is 14.2. The van der Waals surface area contributed by atoms with Crippen LogP contribution in [-0.4, -0.2) is 41.1 Å². The van der Waals surface area contributed by atoms with Crippen molar-refractivity contribution in [3.8, 4) is 5.75 Å². The van der Waals surface area contributed by atoms with Crippen LogP contribution < -0.4 is 9.46 Å². The summed E-state index contributed by atoms with van der Waals surface area (Å²) < 4.78 is 58.8. The van der Waals surface area contributed by atoms with E-state index in [1.165, 1.54) is 7.11 Å². The van der Waals surface area contributed by atoms with Crippen molar-refractivity contribution in [3.05, 3.63) is 59.7 Å². The minimum atomic E-state index is -3.98. The van der Waals surface area contributed by atoms with Crippen LogP contribution in [0.25, 0.3) is 0 Å². The van der Waals surface area contributed by atoms with Crippen LogP contribution in [0.5, 0.6) is 5.75 Å². The molecule has 0 fully saturated rings. The second kappa shape index (κ2) is 7.90. The van der Waals surface area contributed by atoms with Crippen molar-refractivity contribution in [2.45, 2.75) is 10.9 Å². The van der Waals surface area contributed by atoms with Gasteiger partial charge in [-0.25, -0.2) is 21.9 Å². The monoisotopic (exact) mass is 370 g/mol. The normalized spacial score (nSPS) is 13.0. The molecule has 0 saturated carbocycles. The highest BCUT2D eigenvalue weighted by molar-refractivity contribution is 7.89. The fourth-order valence-corrected chi connectivity index (χ4v) is 3.48. The Hall–Kier alpha value is -2.03. The highest BCUT2D eigenvalue weighted by atomic mass is 32.2. The van der Waals surface area contributed by atoms with Gasteiger partial charge in [-0.05, 0) is 38.4 Å². The summed E-state index contributed by atoms with van der Waals surface area (Å²) in [5, 5.41) is 0. The Bertz CT molecular complexity index is 842. The lowest BCUT2D eigenvalue weighted by Gasteiger charge is -2.26. The fraction of sp³-hybridized carbons (Fsp3) is 0.294. The van der Waals surface area contributed by atoms with Crippen LogP contribution in [0.15, 0.2) is 47.4 Å². The molecule has 0 saturated heterocycles. The maximum Gasteiger partial charge on any atom is 0.240 e. The second-order valence-corrected chi connectivity index (χ2v) is 7.42. The Labute approximate surface area is 146 Å². The van der Waals surface area contributed by atoms with E-state index in [-0.39, 0.29) is 17.5 Å². The lowest BCUT2D eigenvalue weighted by Crippen LogP contribution is -2.34. The number of halogens is 2. The molecule has 5 nitrogen and oxygen atoms in total. The maximum absolute atomic E-state index is 13.3. The summed E-state index contributed by atoms with van der Waals surface area (Å²) in [6.07, 6.45) is 0. The van der Waals surface area contributed by atoms with E-state index >= 15 is 0 Å². The first kappa shape index (κ1) is 19.3. The van der Waals surface area contributed by atoms with Crippen molar-refractivity contribution in [3.63, 3.8) is 0 Å². The number of para-hydroxylation sites is 1. The number of likely N-dealkylation sites (N-methyl/N-ethyl adjacent to an activating group) is 1. The molecule has 0 heterocycles. The fourth-order valence-electron chi connectivity index (χ4n) is 2.43. The molecule has 1 N–H and O–H groups in total. The molecule has 0 amide bonds. The minimum absolute atomic E-state index is 0.0364. The Morgan fingerprint density at radius 1 is 1.12 bits per heavy atom. The summed E-state index contributed by atoms with van der Waals surface area (Å²) in [6, 6.07) is 9.44. The molecule has 136 valence electrons. The molecule has 0 bridgehead atoms. The first-order chi connectivity index (χ1) is 11.8. The Morgan fingerprint density at radius 3 is 2.40 bits per heavy atom. The highest BCUT2D eigenvalue weighted by Crippen LogP contribution is 2.27. The van der Waals surface area contributed by atoms with Crippen LogP contribution in [0.2, 0.25) is 0 Å². The number of benzene rings is 2. The molecule has 25 heavy (non-hydrogen) atoms. The molecular weight excluding hydrogens is 350 g/mol. The zero-order chi connectivity index (χ0) is 18.6. The Morgan fingerprint density at radius 2 is 1.80 bits per heavy atom. The lowest BCUT2D eigenvalue weighted by atomic mass is 10.1. The predicted molar refractivity (Wildman–Crippen MR) is 91.0 cm³/mol. The van der Waals surface area contributed by atoms with Crippen LogP contribution in [-0.2, 0) is 10.0 Å². The van der Waals surface area contributed by atoms with Crippen LogP contribution in [0.3, 0.4) is 0 Å². The minimum Gasteiger partial charge on any atom is -0.496 e. The van der Waals surface area contributed by atoms with E-state index in [0.717, 1.165) is 17.7 Å². The third kappa shape index (κ3) is 4.53. The van der Waals surface area contributed by atoms with Gasteiger partial charge in [0, 0.05) is 12.1 Å². The third-order valence-electron chi connectivity index (χ3n) is 3.79. The van der Waals surface area contributed by atoms with Crippen molar-refractivity contribution in [1.29, 1.82) is 0 Å². The number of sulfonamides is 1. The van der Waals surface area contributed by atoms with Gasteiger partial charge in [-0.3, -0.25) is 0 Å². The van der Waals surface area contributed by atoms with E-state index in [1.807, 2.05) is 37.2 Å². The van der Waals surface area contributed by atoms with Gasteiger partial charge in [0.25, 0.3) is 0 Å². The van der Waals surface area contributed by atoms with Gasteiger partial charge in [-0.1, -0.05) is 18.2 Å². The molecule has 2 aromatic rings. The van der Waals surface area contributed by atoms with E-state index in [4.69, 9.17) is 4.74 Å². The number of methoxy groups -OCH3 is 1. The van der Waals surface area contributed by atoms with Gasteiger partial charge in [0.2, 0.25) is 10.0 Å². The van der Waals surface area contributed by atoms with Crippen molar-refractivity contribution in [2.75, 3.05) is 27.7 Å². The molecule has 0 radical (unpaired) electrons. The summed E-state index contributed by atoms with van der Waals surface area (Å²) in [5.74, 6) is -1.68. The SMILES string of the molecule is COc1ccccc1[C@H](CNS(=O)(=O)c1ccc(F)c(F)c1)N(C)C. The average Bonchev–Trinajstić information content (AvgIpc) is 2.57. The molecular formula is C17H20F2N2O3S. The zero-order valence-corrected chi connectivity index (χ0v) is 15.0. The van der Waals surface area contributed by atoms with Gasteiger partial charge in [0.05, 0.1) is 18.0 Å². The highest BCUT2D eigenvalue weighted by Gasteiger charge is 2.22. The second-order valence-electron chi connectivity index (χ2n) is 5.65. The largest absolute Gasteiger partial charge is 0.496 e. The molecule has 2 aromatic carbocycles. The smallest absolute Gasteiger partial charge is 0.240 e. The number of nitrogens with one attached hydrogen (secondary N) is 1. The topological polar surface area (TPSA) is 58.6 Å². The molecule has 0 aliphatic carbocycles. The average molecular weight is 370 g/mol. The van der Waals surface area contributed by atoms with Crippen LogP contribution >= 0.6 is 0 Å². The molecule has 2 rings (SSSR count). The number of hydrogen-bond acceptors (Lipinski definition) is 4. The summed E-state index contributed by atoms with van der Waals surface area (Å²) >= 11 is 0. The van der Waals surface area contributed by atoms with Crippen molar-refractivity contribution in [2.24, 2.45) is 0 Å². The number of hydrogen-bond donors (Lipinski definition) is 1. The van der Waals surface area contributed by atoms with Gasteiger partial charge in [0.1, 0.15) is 5.75 Å². The third-order valence-corrected chi connectivity index (χ3v) is 5.21. The quantitative estimate of drug-likeness (QED) is 0.814. The van der Waals surface area contributed by atoms with Gasteiger partial charge >= 0.3 is 0 Å². The Kier molecular flexibility index (Phi) is 6.10. The van der Waals surface area contributed by atoms with Gasteiger partial charge in [-0.2, -0.15) is 0 Å². The molecule has 0 aromatic heterocycles. The first-order valence-corrected chi connectivity index (χ1v) is 8.98. The van der Waals surface area contributed by atoms with E-state index in [9.17, 15) is 17.2 Å². The molecule has 0 spiro atoms. The van der Waals surface area contributed by atoms with Crippen molar-refractivity contribution in [1.82, 2.24) is 9.62 Å². The Balaban J connectivity index is 2.24. The first-order valence-electron chi connectivity index (χ1n) is 7.50. The summed E-state index contributed by atoms with van der Waals surface area (Å²) in [6.45, 7) is 0.0364.